The molecule has 1 aromatic rings. The molecule has 1 aromatic carbocycles. The number of rotatable bonds is 4. The van der Waals surface area contributed by atoms with Gasteiger partial charge in [0, 0.05) is 25.8 Å². The summed E-state index contributed by atoms with van der Waals surface area (Å²) in [5.74, 6) is 0.000632. The van der Waals surface area contributed by atoms with Crippen LogP contribution in [0.15, 0.2) is 18.2 Å². The second-order valence-corrected chi connectivity index (χ2v) is 5.06. The van der Waals surface area contributed by atoms with Gasteiger partial charge in [-0.1, -0.05) is 17.7 Å². The standard InChI is InChI=1S/C15H23N3O2/c1-11-4-5-13(12(8-11)9-16-2)18-6-7-20-10-14(18)15(19)17-3/h4-5,8,14,16H,6-7,9-10H2,1-3H3,(H,17,19). The lowest BCUT2D eigenvalue weighted by Gasteiger charge is -2.37. The Morgan fingerprint density at radius 1 is 1.45 bits per heavy atom. The Hall–Kier alpha value is -1.59. The first-order valence-electron chi connectivity index (χ1n) is 6.97. The van der Waals surface area contributed by atoms with Crippen LogP contribution in [-0.4, -0.2) is 45.8 Å². The molecule has 0 bridgehead atoms. The summed E-state index contributed by atoms with van der Waals surface area (Å²) in [7, 11) is 3.60. The highest BCUT2D eigenvalue weighted by Gasteiger charge is 2.30. The first-order chi connectivity index (χ1) is 9.67. The van der Waals surface area contributed by atoms with Crippen LogP contribution < -0.4 is 15.5 Å². The molecule has 2 N–H and O–H groups in total. The number of carbonyl (C=O) groups is 1. The summed E-state index contributed by atoms with van der Waals surface area (Å²) < 4.78 is 5.46. The Bertz CT molecular complexity index is 476. The average Bonchev–Trinajstić information content (AvgIpc) is 2.47. The molecule has 110 valence electrons. The van der Waals surface area contributed by atoms with Gasteiger partial charge >= 0.3 is 0 Å². The van der Waals surface area contributed by atoms with Crippen LogP contribution in [0.25, 0.3) is 0 Å². The summed E-state index contributed by atoms with van der Waals surface area (Å²) in [5.41, 5.74) is 3.55. The van der Waals surface area contributed by atoms with Gasteiger partial charge in [-0.3, -0.25) is 4.79 Å². The van der Waals surface area contributed by atoms with Crippen molar-refractivity contribution < 1.29 is 9.53 Å². The summed E-state index contributed by atoms with van der Waals surface area (Å²) in [6.07, 6.45) is 0. The number of hydrogen-bond acceptors (Lipinski definition) is 4. The molecule has 0 aliphatic carbocycles. The molecule has 1 aliphatic rings. The van der Waals surface area contributed by atoms with Crippen LogP contribution >= 0.6 is 0 Å². The Kier molecular flexibility index (Phi) is 4.98. The van der Waals surface area contributed by atoms with Gasteiger partial charge in [0.05, 0.1) is 13.2 Å². The normalized spacial score (nSPS) is 18.9. The van der Waals surface area contributed by atoms with Crippen LogP contribution in [0.4, 0.5) is 5.69 Å². The van der Waals surface area contributed by atoms with Gasteiger partial charge in [0.15, 0.2) is 0 Å². The van der Waals surface area contributed by atoms with E-state index in [1.165, 1.54) is 11.1 Å². The van der Waals surface area contributed by atoms with E-state index in [-0.39, 0.29) is 11.9 Å². The molecule has 1 heterocycles. The highest BCUT2D eigenvalue weighted by molar-refractivity contribution is 5.85. The van der Waals surface area contributed by atoms with E-state index in [1.807, 2.05) is 7.05 Å². The van der Waals surface area contributed by atoms with E-state index in [0.29, 0.717) is 13.2 Å². The summed E-state index contributed by atoms with van der Waals surface area (Å²) in [6.45, 7) is 4.69. The number of nitrogens with zero attached hydrogens (tertiary/aromatic N) is 1. The number of likely N-dealkylation sites (N-methyl/N-ethyl adjacent to an activating group) is 1. The SMILES string of the molecule is CNCc1cc(C)ccc1N1CCOCC1C(=O)NC. The first-order valence-corrected chi connectivity index (χ1v) is 6.97. The van der Waals surface area contributed by atoms with Crippen molar-refractivity contribution in [1.29, 1.82) is 0 Å². The van der Waals surface area contributed by atoms with Crippen molar-refractivity contribution in [3.63, 3.8) is 0 Å². The Morgan fingerprint density at radius 2 is 2.25 bits per heavy atom. The second kappa shape index (κ2) is 6.72. The maximum absolute atomic E-state index is 12.0. The van der Waals surface area contributed by atoms with Crippen LogP contribution in [0.2, 0.25) is 0 Å². The molecule has 2 rings (SSSR count). The zero-order valence-electron chi connectivity index (χ0n) is 12.4. The summed E-state index contributed by atoms with van der Waals surface area (Å²) in [6, 6.07) is 6.10. The molecule has 20 heavy (non-hydrogen) atoms. The van der Waals surface area contributed by atoms with Gasteiger partial charge in [0.1, 0.15) is 6.04 Å². The van der Waals surface area contributed by atoms with Crippen LogP contribution in [-0.2, 0) is 16.1 Å². The van der Waals surface area contributed by atoms with Crippen molar-refractivity contribution in [3.8, 4) is 0 Å². The topological polar surface area (TPSA) is 53.6 Å². The smallest absolute Gasteiger partial charge is 0.244 e. The lowest BCUT2D eigenvalue weighted by atomic mass is 10.1. The molecule has 1 saturated heterocycles. The Balaban J connectivity index is 2.34. The molecular formula is C15H23N3O2. The maximum Gasteiger partial charge on any atom is 0.244 e. The number of nitrogens with one attached hydrogen (secondary N) is 2. The number of morpholine rings is 1. The lowest BCUT2D eigenvalue weighted by Crippen LogP contribution is -2.53. The quantitative estimate of drug-likeness (QED) is 0.849. The Morgan fingerprint density at radius 3 is 2.95 bits per heavy atom. The lowest BCUT2D eigenvalue weighted by molar-refractivity contribution is -0.124. The van der Waals surface area contributed by atoms with Crippen molar-refractivity contribution in [2.24, 2.45) is 0 Å². The van der Waals surface area contributed by atoms with E-state index >= 15 is 0 Å². The molecule has 1 unspecified atom stereocenters. The fraction of sp³-hybridized carbons (Fsp3) is 0.533. The van der Waals surface area contributed by atoms with Crippen LogP contribution in [0.1, 0.15) is 11.1 Å². The van der Waals surface area contributed by atoms with Crippen molar-refractivity contribution >= 4 is 11.6 Å². The van der Waals surface area contributed by atoms with E-state index in [9.17, 15) is 4.79 Å². The van der Waals surface area contributed by atoms with Crippen molar-refractivity contribution in [3.05, 3.63) is 29.3 Å². The minimum Gasteiger partial charge on any atom is -0.377 e. The second-order valence-electron chi connectivity index (χ2n) is 5.06. The monoisotopic (exact) mass is 277 g/mol. The predicted octanol–water partition coefficient (Wildman–Crippen LogP) is 0.666. The van der Waals surface area contributed by atoms with Crippen molar-refractivity contribution in [2.45, 2.75) is 19.5 Å². The molecule has 1 aliphatic heterocycles. The third kappa shape index (κ3) is 3.11. The highest BCUT2D eigenvalue weighted by atomic mass is 16.5. The number of aryl methyl sites for hydroxylation is 1. The minimum absolute atomic E-state index is 0.000632. The molecular weight excluding hydrogens is 254 g/mol. The number of anilines is 1. The third-order valence-electron chi connectivity index (χ3n) is 3.59. The minimum atomic E-state index is -0.257. The largest absolute Gasteiger partial charge is 0.377 e. The van der Waals surface area contributed by atoms with E-state index in [0.717, 1.165) is 18.8 Å². The molecule has 5 nitrogen and oxygen atoms in total. The maximum atomic E-state index is 12.0. The van der Waals surface area contributed by atoms with Crippen molar-refractivity contribution in [1.82, 2.24) is 10.6 Å². The van der Waals surface area contributed by atoms with Gasteiger partial charge in [-0.05, 0) is 25.6 Å². The number of ether oxygens (including phenoxy) is 1. The van der Waals surface area contributed by atoms with Crippen LogP contribution in [0, 0.1) is 6.92 Å². The predicted molar refractivity (Wildman–Crippen MR) is 80.0 cm³/mol. The van der Waals surface area contributed by atoms with Gasteiger partial charge < -0.3 is 20.3 Å². The number of hydrogen-bond donors (Lipinski definition) is 2. The van der Waals surface area contributed by atoms with E-state index in [4.69, 9.17) is 4.74 Å². The van der Waals surface area contributed by atoms with Gasteiger partial charge in [0.2, 0.25) is 5.91 Å². The first kappa shape index (κ1) is 14.8. The molecule has 5 heteroatoms. The van der Waals surface area contributed by atoms with Gasteiger partial charge in [-0.2, -0.15) is 0 Å². The van der Waals surface area contributed by atoms with Crippen molar-refractivity contribution in [2.75, 3.05) is 38.8 Å². The third-order valence-corrected chi connectivity index (χ3v) is 3.59. The highest BCUT2D eigenvalue weighted by Crippen LogP contribution is 2.25. The van der Waals surface area contributed by atoms with Crippen LogP contribution in [0.5, 0.6) is 0 Å². The summed E-state index contributed by atoms with van der Waals surface area (Å²) in [4.78, 5) is 14.2. The zero-order chi connectivity index (χ0) is 14.5. The molecule has 0 spiro atoms. The molecule has 0 radical (unpaired) electrons. The molecule has 0 saturated carbocycles. The van der Waals surface area contributed by atoms with Gasteiger partial charge in [-0.25, -0.2) is 0 Å². The molecule has 0 aromatic heterocycles. The van der Waals surface area contributed by atoms with E-state index in [2.05, 4.69) is 40.7 Å². The fourth-order valence-corrected chi connectivity index (χ4v) is 2.60. The number of benzene rings is 1. The molecule has 1 fully saturated rings. The average molecular weight is 277 g/mol. The summed E-state index contributed by atoms with van der Waals surface area (Å²) >= 11 is 0. The molecule has 1 atom stereocenters. The number of carbonyl (C=O) groups excluding carboxylic acids is 1. The van der Waals surface area contributed by atoms with Crippen LogP contribution in [0.3, 0.4) is 0 Å². The summed E-state index contributed by atoms with van der Waals surface area (Å²) in [5, 5.41) is 5.91. The van der Waals surface area contributed by atoms with Gasteiger partial charge in [0.25, 0.3) is 0 Å². The number of amides is 1. The van der Waals surface area contributed by atoms with E-state index < -0.39 is 0 Å². The zero-order valence-corrected chi connectivity index (χ0v) is 12.4. The Labute approximate surface area is 120 Å². The van der Waals surface area contributed by atoms with E-state index in [1.54, 1.807) is 7.05 Å². The van der Waals surface area contributed by atoms with Gasteiger partial charge in [-0.15, -0.1) is 0 Å². The molecule has 1 amide bonds. The fourth-order valence-electron chi connectivity index (χ4n) is 2.60.